The number of hydrogen-bond acceptors (Lipinski definition) is 5. The van der Waals surface area contributed by atoms with Crippen LogP contribution in [0, 0.1) is 18.3 Å². The summed E-state index contributed by atoms with van der Waals surface area (Å²) in [5.74, 6) is -4.54. The lowest BCUT2D eigenvalue weighted by molar-refractivity contribution is -0.145. The van der Waals surface area contributed by atoms with Crippen molar-refractivity contribution in [2.45, 2.75) is 38.4 Å². The van der Waals surface area contributed by atoms with E-state index in [0.29, 0.717) is 11.8 Å². The quantitative estimate of drug-likeness (QED) is 0.364. The Bertz CT molecular complexity index is 1110. The maximum atomic E-state index is 14.5. The number of carbonyl (C=O) groups excluding carboxylic acids is 1. The number of benzene rings is 1. The third-order valence-electron chi connectivity index (χ3n) is 6.06. The minimum absolute atomic E-state index is 0.0236. The molecule has 1 fully saturated rings. The zero-order valence-corrected chi connectivity index (χ0v) is 20.1. The summed E-state index contributed by atoms with van der Waals surface area (Å²) in [5.41, 5.74) is 0.446. The molecule has 36 heavy (non-hydrogen) atoms. The summed E-state index contributed by atoms with van der Waals surface area (Å²) in [6, 6.07) is 8.38. The van der Waals surface area contributed by atoms with Crippen LogP contribution in [0.3, 0.4) is 0 Å². The lowest BCUT2D eigenvalue weighted by Crippen LogP contribution is -2.58. The van der Waals surface area contributed by atoms with Crippen molar-refractivity contribution in [1.29, 1.82) is 5.41 Å². The highest BCUT2D eigenvalue weighted by Crippen LogP contribution is 2.35. The van der Waals surface area contributed by atoms with Crippen LogP contribution in [-0.4, -0.2) is 53.6 Å². The molecule has 2 aromatic rings. The van der Waals surface area contributed by atoms with Crippen LogP contribution in [0.5, 0.6) is 0 Å². The molecule has 0 radical (unpaired) electrons. The fourth-order valence-corrected chi connectivity index (χ4v) is 4.19. The van der Waals surface area contributed by atoms with Crippen molar-refractivity contribution in [3.63, 3.8) is 0 Å². The first-order valence-electron chi connectivity index (χ1n) is 11.3. The van der Waals surface area contributed by atoms with Gasteiger partial charge in [0.15, 0.2) is 0 Å². The highest BCUT2D eigenvalue weighted by molar-refractivity contribution is 6.54. The number of piperidine rings is 1. The van der Waals surface area contributed by atoms with Gasteiger partial charge < -0.3 is 15.5 Å². The summed E-state index contributed by atoms with van der Waals surface area (Å²) in [4.78, 5) is 18.1. The zero-order chi connectivity index (χ0) is 26.7. The van der Waals surface area contributed by atoms with E-state index < -0.39 is 54.2 Å². The maximum absolute atomic E-state index is 14.5. The molecule has 1 saturated heterocycles. The molecule has 2 heterocycles. The van der Waals surface area contributed by atoms with Gasteiger partial charge in [0.05, 0.1) is 18.2 Å². The number of nitrogens with one attached hydrogen (secondary N) is 3. The fraction of sp³-hybridized carbons (Fsp3) is 0.400. The zero-order valence-electron chi connectivity index (χ0n) is 20.1. The molecule has 0 bridgehead atoms. The second-order valence-electron chi connectivity index (χ2n) is 8.94. The predicted molar refractivity (Wildman–Crippen MR) is 128 cm³/mol. The van der Waals surface area contributed by atoms with Gasteiger partial charge in [-0.15, -0.1) is 0 Å². The molecule has 1 amide bonds. The topological polar surface area (TPSA) is 81.1 Å². The lowest BCUT2D eigenvalue weighted by atomic mass is 9.87. The Balaban J connectivity index is 1.84. The lowest BCUT2D eigenvalue weighted by Gasteiger charge is -2.43. The van der Waals surface area contributed by atoms with Crippen LogP contribution in [0.25, 0.3) is 5.57 Å². The largest absolute Gasteiger partial charge is 0.417 e. The Morgan fingerprint density at radius 1 is 1.22 bits per heavy atom. The first-order chi connectivity index (χ1) is 16.8. The monoisotopic (exact) mass is 509 g/mol. The van der Waals surface area contributed by atoms with Gasteiger partial charge >= 0.3 is 6.18 Å². The van der Waals surface area contributed by atoms with Crippen molar-refractivity contribution in [3.8, 4) is 0 Å². The van der Waals surface area contributed by atoms with Crippen molar-refractivity contribution < 1.29 is 26.7 Å². The van der Waals surface area contributed by atoms with Gasteiger partial charge in [0.25, 0.3) is 11.8 Å². The predicted octanol–water partition coefficient (Wildman–Crippen LogP) is 4.97. The smallest absolute Gasteiger partial charge is 0.393 e. The van der Waals surface area contributed by atoms with E-state index in [-0.39, 0.29) is 17.9 Å². The average molecular weight is 510 g/mol. The summed E-state index contributed by atoms with van der Waals surface area (Å²) in [5, 5.41) is 14.2. The van der Waals surface area contributed by atoms with Crippen LogP contribution in [0.2, 0.25) is 0 Å². The number of hydrogen-bond donors (Lipinski definition) is 3. The van der Waals surface area contributed by atoms with Crippen molar-refractivity contribution in [1.82, 2.24) is 15.2 Å². The van der Waals surface area contributed by atoms with Gasteiger partial charge in [0.1, 0.15) is 11.5 Å². The van der Waals surface area contributed by atoms with Crippen molar-refractivity contribution >= 4 is 23.0 Å². The molecule has 1 aromatic carbocycles. The summed E-state index contributed by atoms with van der Waals surface area (Å²) in [7, 11) is 1.60. The first kappa shape index (κ1) is 27.1. The van der Waals surface area contributed by atoms with Crippen molar-refractivity contribution in [2.75, 3.05) is 25.5 Å². The van der Waals surface area contributed by atoms with E-state index in [1.165, 1.54) is 6.20 Å². The van der Waals surface area contributed by atoms with Crippen LogP contribution in [0.15, 0.2) is 48.8 Å². The number of carbonyl (C=O) groups is 1. The molecule has 0 spiro atoms. The first-order valence-corrected chi connectivity index (χ1v) is 11.3. The second-order valence-corrected chi connectivity index (χ2v) is 8.94. The van der Waals surface area contributed by atoms with Crippen molar-refractivity contribution in [3.05, 3.63) is 65.5 Å². The van der Waals surface area contributed by atoms with E-state index in [1.54, 1.807) is 26.1 Å². The summed E-state index contributed by atoms with van der Waals surface area (Å²) in [6.07, 6.45) is -2.85. The number of aromatic nitrogens is 1. The number of aryl methyl sites for hydroxylation is 1. The Hall–Kier alpha value is -3.50. The molecule has 1 aliphatic rings. The van der Waals surface area contributed by atoms with Gasteiger partial charge in [0, 0.05) is 38.0 Å². The SMILES string of the molecule is CN/C=C(\C(=N)C(=O)N1CC(F)(F)C[C@@H](C)C1CNc1ccc(C(F)(F)F)cn1)c1ccc(C)cc1. The minimum atomic E-state index is -4.53. The van der Waals surface area contributed by atoms with E-state index in [0.717, 1.165) is 22.6 Å². The fourth-order valence-electron chi connectivity index (χ4n) is 4.19. The van der Waals surface area contributed by atoms with E-state index in [2.05, 4.69) is 15.6 Å². The Kier molecular flexibility index (Phi) is 8.00. The van der Waals surface area contributed by atoms with Gasteiger partial charge in [-0.25, -0.2) is 13.8 Å². The summed E-state index contributed by atoms with van der Waals surface area (Å²) in [6.45, 7) is 2.58. The number of likely N-dealkylation sites (tertiary alicyclic amines) is 1. The Labute approximate surface area is 206 Å². The highest BCUT2D eigenvalue weighted by Gasteiger charge is 2.46. The second kappa shape index (κ2) is 10.6. The number of pyridine rings is 1. The number of anilines is 1. The van der Waals surface area contributed by atoms with E-state index >= 15 is 0 Å². The molecule has 6 nitrogen and oxygen atoms in total. The molecular formula is C25H28F5N5O. The maximum Gasteiger partial charge on any atom is 0.417 e. The molecule has 0 saturated carbocycles. The third-order valence-corrected chi connectivity index (χ3v) is 6.06. The van der Waals surface area contributed by atoms with Crippen LogP contribution < -0.4 is 10.6 Å². The van der Waals surface area contributed by atoms with E-state index in [9.17, 15) is 26.7 Å². The van der Waals surface area contributed by atoms with Crippen LogP contribution in [-0.2, 0) is 11.0 Å². The summed E-state index contributed by atoms with van der Waals surface area (Å²) >= 11 is 0. The number of nitrogens with zero attached hydrogens (tertiary/aromatic N) is 2. The molecule has 1 aromatic heterocycles. The molecule has 3 N–H and O–H groups in total. The molecule has 1 aliphatic heterocycles. The van der Waals surface area contributed by atoms with Gasteiger partial charge in [-0.1, -0.05) is 36.8 Å². The highest BCUT2D eigenvalue weighted by atomic mass is 19.4. The molecule has 2 atom stereocenters. The molecule has 194 valence electrons. The molecule has 1 unspecified atom stereocenters. The van der Waals surface area contributed by atoms with Gasteiger partial charge in [0.2, 0.25) is 0 Å². The molecule has 0 aliphatic carbocycles. The van der Waals surface area contributed by atoms with Crippen LogP contribution in [0.1, 0.15) is 30.0 Å². The summed E-state index contributed by atoms with van der Waals surface area (Å²) < 4.78 is 67.4. The molecular weight excluding hydrogens is 481 g/mol. The van der Waals surface area contributed by atoms with E-state index in [4.69, 9.17) is 5.41 Å². The average Bonchev–Trinajstić information content (AvgIpc) is 2.80. The number of rotatable bonds is 7. The number of halogens is 5. The van der Waals surface area contributed by atoms with Gasteiger partial charge in [-0.3, -0.25) is 10.2 Å². The molecule has 11 heteroatoms. The van der Waals surface area contributed by atoms with Crippen LogP contribution in [0.4, 0.5) is 27.8 Å². The third kappa shape index (κ3) is 6.38. The Morgan fingerprint density at radius 2 is 1.89 bits per heavy atom. The number of amides is 1. The minimum Gasteiger partial charge on any atom is -0.393 e. The normalized spacial score (nSPS) is 20.1. The standard InChI is InChI=1S/C25H28F5N5O/c1-15-4-6-17(7-5-15)19(12-32-3)22(31)23(36)35-14-24(26,27)10-16(2)20(35)13-34-21-9-8-18(11-33-21)25(28,29)30/h4-9,11-12,16,20,31-32H,10,13-14H2,1-3H3,(H,33,34)/b19-12-,31-22?/t16-,20?/m1/s1. The Morgan fingerprint density at radius 3 is 2.44 bits per heavy atom. The van der Waals surface area contributed by atoms with Gasteiger partial charge in [-0.2, -0.15) is 13.2 Å². The van der Waals surface area contributed by atoms with Crippen LogP contribution >= 0.6 is 0 Å². The molecule has 3 rings (SSSR count). The van der Waals surface area contributed by atoms with Gasteiger partial charge in [-0.05, 0) is 30.5 Å². The number of alkyl halides is 5. The van der Waals surface area contributed by atoms with E-state index in [1.807, 2.05) is 19.1 Å². The van der Waals surface area contributed by atoms with Crippen molar-refractivity contribution in [2.24, 2.45) is 5.92 Å².